The minimum absolute atomic E-state index is 0.00507. The lowest BCUT2D eigenvalue weighted by atomic mass is 10.2. The fourth-order valence-corrected chi connectivity index (χ4v) is 1.03. The second-order valence-corrected chi connectivity index (χ2v) is 2.80. The molecule has 0 saturated carbocycles. The van der Waals surface area contributed by atoms with Crippen molar-refractivity contribution in [1.29, 1.82) is 0 Å². The SMILES string of the molecule is C/C=C/CNC(=O)c1ccccc1O. The third kappa shape index (κ3) is 2.62. The predicted molar refractivity (Wildman–Crippen MR) is 55.3 cm³/mol. The number of hydrogen-bond donors (Lipinski definition) is 2. The lowest BCUT2D eigenvalue weighted by Gasteiger charge is -2.03. The van der Waals surface area contributed by atoms with Gasteiger partial charge in [-0.1, -0.05) is 24.3 Å². The fourth-order valence-electron chi connectivity index (χ4n) is 1.03. The van der Waals surface area contributed by atoms with Crippen LogP contribution >= 0.6 is 0 Å². The highest BCUT2D eigenvalue weighted by Gasteiger charge is 2.07. The van der Waals surface area contributed by atoms with E-state index in [4.69, 9.17) is 0 Å². The highest BCUT2D eigenvalue weighted by atomic mass is 16.3. The Labute approximate surface area is 83.1 Å². The Hall–Kier alpha value is -1.77. The van der Waals surface area contributed by atoms with Crippen molar-refractivity contribution >= 4 is 5.91 Å². The summed E-state index contributed by atoms with van der Waals surface area (Å²) in [5, 5.41) is 12.0. The van der Waals surface area contributed by atoms with Gasteiger partial charge in [0.05, 0.1) is 5.56 Å². The third-order valence-electron chi connectivity index (χ3n) is 1.76. The number of para-hydroxylation sites is 1. The number of aromatic hydroxyl groups is 1. The minimum atomic E-state index is -0.263. The van der Waals surface area contributed by atoms with Crippen molar-refractivity contribution in [3.63, 3.8) is 0 Å². The zero-order chi connectivity index (χ0) is 10.4. The summed E-state index contributed by atoms with van der Waals surface area (Å²) in [6.07, 6.45) is 3.68. The van der Waals surface area contributed by atoms with Crippen LogP contribution in [0.1, 0.15) is 17.3 Å². The first kappa shape index (κ1) is 10.3. The molecular formula is C11H13NO2. The van der Waals surface area contributed by atoms with Crippen LogP contribution in [0, 0.1) is 0 Å². The Balaban J connectivity index is 2.65. The molecule has 0 aliphatic carbocycles. The molecule has 1 rings (SSSR count). The van der Waals surface area contributed by atoms with Crippen molar-refractivity contribution < 1.29 is 9.90 Å². The topological polar surface area (TPSA) is 49.3 Å². The van der Waals surface area contributed by atoms with E-state index in [2.05, 4.69) is 5.32 Å². The van der Waals surface area contributed by atoms with Gasteiger partial charge in [0.25, 0.3) is 5.91 Å². The standard InChI is InChI=1S/C11H13NO2/c1-2-3-8-12-11(14)9-6-4-5-7-10(9)13/h2-7,13H,8H2,1H3,(H,12,14)/b3-2+. The first-order chi connectivity index (χ1) is 6.75. The van der Waals surface area contributed by atoms with Gasteiger partial charge >= 0.3 is 0 Å². The zero-order valence-electron chi connectivity index (χ0n) is 8.03. The van der Waals surface area contributed by atoms with Crippen LogP contribution in [0.25, 0.3) is 0 Å². The molecule has 3 heteroatoms. The summed E-state index contributed by atoms with van der Waals surface area (Å²) >= 11 is 0. The lowest BCUT2D eigenvalue weighted by molar-refractivity contribution is 0.0955. The van der Waals surface area contributed by atoms with Gasteiger partial charge in [-0.3, -0.25) is 4.79 Å². The van der Waals surface area contributed by atoms with Crippen LogP contribution in [-0.2, 0) is 0 Å². The maximum atomic E-state index is 11.4. The van der Waals surface area contributed by atoms with Gasteiger partial charge in [0.2, 0.25) is 0 Å². The summed E-state index contributed by atoms with van der Waals surface area (Å²) in [5.74, 6) is -0.258. The van der Waals surface area contributed by atoms with Crippen LogP contribution in [0.3, 0.4) is 0 Å². The summed E-state index contributed by atoms with van der Waals surface area (Å²) in [6, 6.07) is 6.47. The maximum Gasteiger partial charge on any atom is 0.255 e. The number of hydrogen-bond acceptors (Lipinski definition) is 2. The van der Waals surface area contributed by atoms with Crippen LogP contribution in [0.15, 0.2) is 36.4 Å². The van der Waals surface area contributed by atoms with E-state index < -0.39 is 0 Å². The van der Waals surface area contributed by atoms with Gasteiger partial charge in [-0.15, -0.1) is 0 Å². The zero-order valence-corrected chi connectivity index (χ0v) is 8.03. The van der Waals surface area contributed by atoms with Crippen LogP contribution in [0.5, 0.6) is 5.75 Å². The van der Waals surface area contributed by atoms with Crippen molar-refractivity contribution in [3.8, 4) is 5.75 Å². The number of carbonyl (C=O) groups is 1. The van der Waals surface area contributed by atoms with Gasteiger partial charge in [-0.25, -0.2) is 0 Å². The van der Waals surface area contributed by atoms with Crippen molar-refractivity contribution in [2.45, 2.75) is 6.92 Å². The van der Waals surface area contributed by atoms with E-state index in [1.165, 1.54) is 6.07 Å². The Kier molecular flexibility index (Phi) is 3.73. The van der Waals surface area contributed by atoms with E-state index in [9.17, 15) is 9.90 Å². The second kappa shape index (κ2) is 5.07. The molecule has 74 valence electrons. The van der Waals surface area contributed by atoms with Gasteiger partial charge in [-0.2, -0.15) is 0 Å². The van der Waals surface area contributed by atoms with E-state index in [0.717, 1.165) is 0 Å². The van der Waals surface area contributed by atoms with E-state index in [1.54, 1.807) is 18.2 Å². The quantitative estimate of drug-likeness (QED) is 0.714. The van der Waals surface area contributed by atoms with Crippen LogP contribution in [-0.4, -0.2) is 17.6 Å². The normalized spacial score (nSPS) is 10.4. The van der Waals surface area contributed by atoms with E-state index in [-0.39, 0.29) is 11.7 Å². The molecule has 0 atom stereocenters. The number of phenols is 1. The molecule has 14 heavy (non-hydrogen) atoms. The number of allylic oxidation sites excluding steroid dienone is 1. The van der Waals surface area contributed by atoms with Gasteiger partial charge in [0.1, 0.15) is 5.75 Å². The molecule has 0 aliphatic rings. The predicted octanol–water partition coefficient (Wildman–Crippen LogP) is 1.70. The molecule has 1 amide bonds. The Morgan fingerprint density at radius 2 is 2.21 bits per heavy atom. The number of phenolic OH excluding ortho intramolecular Hbond substituents is 1. The largest absolute Gasteiger partial charge is 0.507 e. The second-order valence-electron chi connectivity index (χ2n) is 2.80. The van der Waals surface area contributed by atoms with Gasteiger partial charge in [0, 0.05) is 6.54 Å². The van der Waals surface area contributed by atoms with E-state index in [1.807, 2.05) is 19.1 Å². The van der Waals surface area contributed by atoms with Crippen LogP contribution < -0.4 is 5.32 Å². The summed E-state index contributed by atoms with van der Waals surface area (Å²) in [6.45, 7) is 2.36. The smallest absolute Gasteiger partial charge is 0.255 e. The molecule has 0 heterocycles. The van der Waals surface area contributed by atoms with Crippen LogP contribution in [0.2, 0.25) is 0 Å². The number of benzene rings is 1. The molecule has 0 radical (unpaired) electrons. The van der Waals surface area contributed by atoms with Crippen molar-refractivity contribution in [1.82, 2.24) is 5.32 Å². The Morgan fingerprint density at radius 3 is 2.86 bits per heavy atom. The van der Waals surface area contributed by atoms with Gasteiger partial charge < -0.3 is 10.4 Å². The number of amides is 1. The number of carbonyl (C=O) groups excluding carboxylic acids is 1. The molecule has 2 N–H and O–H groups in total. The fraction of sp³-hybridized carbons (Fsp3) is 0.182. The number of rotatable bonds is 3. The summed E-state index contributed by atoms with van der Waals surface area (Å²) < 4.78 is 0. The molecule has 3 nitrogen and oxygen atoms in total. The summed E-state index contributed by atoms with van der Waals surface area (Å²) in [4.78, 5) is 11.4. The third-order valence-corrected chi connectivity index (χ3v) is 1.76. The molecule has 0 bridgehead atoms. The molecule has 0 saturated heterocycles. The first-order valence-corrected chi connectivity index (χ1v) is 4.43. The van der Waals surface area contributed by atoms with E-state index in [0.29, 0.717) is 12.1 Å². The van der Waals surface area contributed by atoms with Gasteiger partial charge in [0.15, 0.2) is 0 Å². The monoisotopic (exact) mass is 191 g/mol. The summed E-state index contributed by atoms with van der Waals surface area (Å²) in [7, 11) is 0. The molecule has 0 unspecified atom stereocenters. The average Bonchev–Trinajstić information content (AvgIpc) is 2.18. The molecule has 0 aromatic heterocycles. The first-order valence-electron chi connectivity index (χ1n) is 4.43. The Morgan fingerprint density at radius 1 is 1.50 bits per heavy atom. The minimum Gasteiger partial charge on any atom is -0.507 e. The van der Waals surface area contributed by atoms with Crippen LogP contribution in [0.4, 0.5) is 0 Å². The maximum absolute atomic E-state index is 11.4. The molecule has 0 spiro atoms. The van der Waals surface area contributed by atoms with Crippen molar-refractivity contribution in [3.05, 3.63) is 42.0 Å². The van der Waals surface area contributed by atoms with Gasteiger partial charge in [-0.05, 0) is 19.1 Å². The molecule has 0 fully saturated rings. The highest BCUT2D eigenvalue weighted by molar-refractivity contribution is 5.96. The van der Waals surface area contributed by atoms with Crippen molar-refractivity contribution in [2.75, 3.05) is 6.54 Å². The Bertz CT molecular complexity index is 345. The highest BCUT2D eigenvalue weighted by Crippen LogP contribution is 2.14. The average molecular weight is 191 g/mol. The lowest BCUT2D eigenvalue weighted by Crippen LogP contribution is -2.23. The molecule has 1 aromatic rings. The molecule has 0 aliphatic heterocycles. The van der Waals surface area contributed by atoms with Crippen molar-refractivity contribution in [2.24, 2.45) is 0 Å². The number of nitrogens with one attached hydrogen (secondary N) is 1. The summed E-state index contributed by atoms with van der Waals surface area (Å²) in [5.41, 5.74) is 0.303. The van der Waals surface area contributed by atoms with E-state index >= 15 is 0 Å². The molecular weight excluding hydrogens is 178 g/mol. The molecule has 1 aromatic carbocycles.